The van der Waals surface area contributed by atoms with E-state index in [2.05, 4.69) is 27.0 Å². The lowest BCUT2D eigenvalue weighted by Crippen LogP contribution is -2.03. The molecule has 0 spiro atoms. The van der Waals surface area contributed by atoms with Crippen molar-refractivity contribution in [2.24, 2.45) is 0 Å². The summed E-state index contributed by atoms with van der Waals surface area (Å²) in [7, 11) is 0. The highest BCUT2D eigenvalue weighted by atomic mass is 79.9. The van der Waals surface area contributed by atoms with Crippen LogP contribution in [0.4, 0.5) is 10.3 Å². The second-order valence-corrected chi connectivity index (χ2v) is 5.62. The van der Waals surface area contributed by atoms with Gasteiger partial charge in [-0.3, -0.25) is 4.57 Å². The molecule has 0 atom stereocenters. The maximum atomic E-state index is 13.8. The van der Waals surface area contributed by atoms with Gasteiger partial charge in [-0.2, -0.15) is 5.26 Å². The highest BCUT2D eigenvalue weighted by Gasteiger charge is 2.16. The van der Waals surface area contributed by atoms with E-state index in [1.165, 1.54) is 16.7 Å². The lowest BCUT2D eigenvalue weighted by Gasteiger charge is -2.09. The third-order valence-electron chi connectivity index (χ3n) is 3.04. The molecule has 0 aliphatic heterocycles. The number of nitrogens with zero attached hydrogens (tertiary/aromatic N) is 3. The molecule has 0 radical (unpaired) electrons. The summed E-state index contributed by atoms with van der Waals surface area (Å²) in [5.41, 5.74) is 7.74. The van der Waals surface area contributed by atoms with Crippen molar-refractivity contribution in [2.45, 2.75) is 0 Å². The molecule has 21 heavy (non-hydrogen) atoms. The lowest BCUT2D eigenvalue weighted by molar-refractivity contribution is 0.622. The van der Waals surface area contributed by atoms with Crippen molar-refractivity contribution < 1.29 is 4.39 Å². The van der Waals surface area contributed by atoms with E-state index in [1.54, 1.807) is 18.2 Å². The first-order chi connectivity index (χ1) is 10.0. The number of halogens is 3. The Labute approximate surface area is 132 Å². The Morgan fingerprint density at radius 3 is 2.81 bits per heavy atom. The van der Waals surface area contributed by atoms with Crippen molar-refractivity contribution in [3.05, 3.63) is 51.2 Å². The fraction of sp³-hybridized carbons (Fsp3) is 0. The molecule has 104 valence electrons. The molecule has 0 aliphatic rings. The van der Waals surface area contributed by atoms with Crippen molar-refractivity contribution in [1.82, 2.24) is 9.55 Å². The van der Waals surface area contributed by atoms with Gasteiger partial charge in [-0.15, -0.1) is 0 Å². The minimum absolute atomic E-state index is 0.154. The standard InChI is InChI=1S/C14H7BrClFN4/c15-9-4-11-13(5-10(9)17)21(14(19)20-11)12-3-8(16)2-1-7(12)6-18/h1-5H,(H2,19,20). The van der Waals surface area contributed by atoms with E-state index in [0.29, 0.717) is 31.8 Å². The molecule has 7 heteroatoms. The number of fused-ring (bicyclic) bond motifs is 1. The Bertz CT molecular complexity index is 913. The van der Waals surface area contributed by atoms with Gasteiger partial charge < -0.3 is 5.73 Å². The monoisotopic (exact) mass is 364 g/mol. The lowest BCUT2D eigenvalue weighted by atomic mass is 10.2. The first kappa shape index (κ1) is 13.9. The Kier molecular flexibility index (Phi) is 3.32. The molecule has 2 N–H and O–H groups in total. The first-order valence-corrected chi connectivity index (χ1v) is 7.01. The number of nitrogens with two attached hydrogens (primary N) is 1. The Balaban J connectivity index is 2.41. The van der Waals surface area contributed by atoms with Crippen LogP contribution in [0.15, 0.2) is 34.8 Å². The molecule has 0 amide bonds. The zero-order valence-corrected chi connectivity index (χ0v) is 12.8. The number of rotatable bonds is 1. The summed E-state index contributed by atoms with van der Waals surface area (Å²) in [6, 6.07) is 9.69. The Hall–Kier alpha value is -2.10. The van der Waals surface area contributed by atoms with Gasteiger partial charge in [0.05, 0.1) is 26.8 Å². The van der Waals surface area contributed by atoms with Gasteiger partial charge in [-0.25, -0.2) is 9.37 Å². The average molecular weight is 366 g/mol. The molecule has 0 saturated carbocycles. The van der Waals surface area contributed by atoms with Crippen molar-refractivity contribution in [2.75, 3.05) is 5.73 Å². The zero-order valence-electron chi connectivity index (χ0n) is 10.4. The van der Waals surface area contributed by atoms with E-state index in [4.69, 9.17) is 17.3 Å². The summed E-state index contributed by atoms with van der Waals surface area (Å²) >= 11 is 9.09. The largest absolute Gasteiger partial charge is 0.369 e. The predicted octanol–water partition coefficient (Wildman–Crippen LogP) is 4.03. The summed E-state index contributed by atoms with van der Waals surface area (Å²) in [5, 5.41) is 9.67. The van der Waals surface area contributed by atoms with Gasteiger partial charge in [0.2, 0.25) is 5.95 Å². The molecular formula is C14H7BrClFN4. The number of benzene rings is 2. The SMILES string of the molecule is N#Cc1ccc(Cl)cc1-n1c(N)nc2cc(Br)c(F)cc21. The molecule has 0 fully saturated rings. The normalized spacial score (nSPS) is 10.8. The molecular weight excluding hydrogens is 359 g/mol. The summed E-state index contributed by atoms with van der Waals surface area (Å²) in [5.74, 6) is -0.287. The molecule has 2 aromatic carbocycles. The van der Waals surface area contributed by atoms with Crippen LogP contribution in [0.2, 0.25) is 5.02 Å². The average Bonchev–Trinajstić information content (AvgIpc) is 2.74. The first-order valence-electron chi connectivity index (χ1n) is 5.84. The Morgan fingerprint density at radius 2 is 2.10 bits per heavy atom. The predicted molar refractivity (Wildman–Crippen MR) is 82.9 cm³/mol. The summed E-state index contributed by atoms with van der Waals surface area (Å²) in [4.78, 5) is 4.19. The third-order valence-corrected chi connectivity index (χ3v) is 3.89. The van der Waals surface area contributed by atoms with Crippen LogP contribution in [0.3, 0.4) is 0 Å². The van der Waals surface area contributed by atoms with E-state index < -0.39 is 5.82 Å². The number of hydrogen-bond acceptors (Lipinski definition) is 3. The number of nitrogen functional groups attached to an aromatic ring is 1. The molecule has 0 bridgehead atoms. The van der Waals surface area contributed by atoms with Gasteiger partial charge in [0.1, 0.15) is 11.9 Å². The van der Waals surface area contributed by atoms with Crippen molar-refractivity contribution in [3.8, 4) is 11.8 Å². The number of hydrogen-bond donors (Lipinski definition) is 1. The highest BCUT2D eigenvalue weighted by Crippen LogP contribution is 2.30. The number of aromatic nitrogens is 2. The molecule has 3 rings (SSSR count). The highest BCUT2D eigenvalue weighted by molar-refractivity contribution is 9.10. The van der Waals surface area contributed by atoms with Gasteiger partial charge in [0, 0.05) is 11.1 Å². The molecule has 0 aliphatic carbocycles. The molecule has 0 unspecified atom stereocenters. The minimum atomic E-state index is -0.441. The van der Waals surface area contributed by atoms with Gasteiger partial charge in [0.15, 0.2) is 0 Å². The van der Waals surface area contributed by atoms with E-state index in [-0.39, 0.29) is 5.95 Å². The molecule has 1 aromatic heterocycles. The fourth-order valence-electron chi connectivity index (χ4n) is 2.13. The van der Waals surface area contributed by atoms with E-state index in [0.717, 1.165) is 0 Å². The number of anilines is 1. The maximum Gasteiger partial charge on any atom is 0.205 e. The van der Waals surface area contributed by atoms with Crippen LogP contribution in [0.25, 0.3) is 16.7 Å². The van der Waals surface area contributed by atoms with Gasteiger partial charge >= 0.3 is 0 Å². The van der Waals surface area contributed by atoms with Gasteiger partial charge in [0.25, 0.3) is 0 Å². The van der Waals surface area contributed by atoms with E-state index in [9.17, 15) is 9.65 Å². The second kappa shape index (κ2) is 5.02. The van der Waals surface area contributed by atoms with Crippen LogP contribution in [0.1, 0.15) is 5.56 Å². The number of imidazole rings is 1. The quantitative estimate of drug-likeness (QED) is 0.708. The van der Waals surface area contributed by atoms with Crippen molar-refractivity contribution in [1.29, 1.82) is 5.26 Å². The van der Waals surface area contributed by atoms with Crippen LogP contribution >= 0.6 is 27.5 Å². The molecule has 3 aromatic rings. The van der Waals surface area contributed by atoms with Crippen molar-refractivity contribution >= 4 is 44.5 Å². The van der Waals surface area contributed by atoms with Crippen LogP contribution in [-0.2, 0) is 0 Å². The Morgan fingerprint density at radius 1 is 1.33 bits per heavy atom. The topological polar surface area (TPSA) is 67.6 Å². The van der Waals surface area contributed by atoms with Crippen LogP contribution in [-0.4, -0.2) is 9.55 Å². The zero-order chi connectivity index (χ0) is 15.1. The van der Waals surface area contributed by atoms with Crippen LogP contribution in [0.5, 0.6) is 0 Å². The van der Waals surface area contributed by atoms with Crippen LogP contribution in [0, 0.1) is 17.1 Å². The summed E-state index contributed by atoms with van der Waals surface area (Å²) in [6.45, 7) is 0. The van der Waals surface area contributed by atoms with Gasteiger partial charge in [-0.1, -0.05) is 11.6 Å². The second-order valence-electron chi connectivity index (χ2n) is 4.33. The molecule has 0 saturated heterocycles. The molecule has 4 nitrogen and oxygen atoms in total. The summed E-state index contributed by atoms with van der Waals surface area (Å²) in [6.07, 6.45) is 0. The van der Waals surface area contributed by atoms with Gasteiger partial charge in [-0.05, 0) is 40.2 Å². The van der Waals surface area contributed by atoms with Crippen LogP contribution < -0.4 is 5.73 Å². The summed E-state index contributed by atoms with van der Waals surface area (Å²) < 4.78 is 15.6. The third kappa shape index (κ3) is 2.24. The van der Waals surface area contributed by atoms with Crippen molar-refractivity contribution in [3.63, 3.8) is 0 Å². The molecule has 1 heterocycles. The maximum absolute atomic E-state index is 13.8. The fourth-order valence-corrected chi connectivity index (χ4v) is 2.63. The minimum Gasteiger partial charge on any atom is -0.369 e. The van der Waals surface area contributed by atoms with E-state index in [1.807, 2.05) is 0 Å². The smallest absolute Gasteiger partial charge is 0.205 e. The number of nitriles is 1. The van der Waals surface area contributed by atoms with E-state index >= 15 is 0 Å².